The average molecular weight is 257 g/mol. The highest BCUT2D eigenvalue weighted by molar-refractivity contribution is 5.44. The summed E-state index contributed by atoms with van der Waals surface area (Å²) in [6, 6.07) is 4.87. The Morgan fingerprint density at radius 2 is 1.95 bits per heavy atom. The van der Waals surface area contributed by atoms with E-state index >= 15 is 0 Å². The number of anilines is 1. The minimum absolute atomic E-state index is 0.352. The Bertz CT molecular complexity index is 481. The molecule has 2 N–H and O–H groups in total. The highest BCUT2D eigenvalue weighted by atomic mass is 15.2. The standard InChI is InChI=1S/C16H23N3/c17-14-10-19(9-13(14)11-5-6-11)16-8-7-12-3-1-2-4-15(12)18-16/h7-8,11,13-14H,1-6,9-10,17H2/t13-,14+/m0/s1. The van der Waals surface area contributed by atoms with Gasteiger partial charge in [-0.25, -0.2) is 4.98 Å². The van der Waals surface area contributed by atoms with Gasteiger partial charge in [0.1, 0.15) is 5.82 Å². The van der Waals surface area contributed by atoms with Crippen LogP contribution in [-0.2, 0) is 12.8 Å². The smallest absolute Gasteiger partial charge is 0.128 e. The number of aromatic nitrogens is 1. The molecular formula is C16H23N3. The predicted molar refractivity (Wildman–Crippen MR) is 77.3 cm³/mol. The molecule has 0 radical (unpaired) electrons. The molecule has 0 bridgehead atoms. The molecule has 1 saturated carbocycles. The molecule has 2 heterocycles. The van der Waals surface area contributed by atoms with Gasteiger partial charge in [0.2, 0.25) is 0 Å². The lowest BCUT2D eigenvalue weighted by atomic mass is 9.96. The Kier molecular flexibility index (Phi) is 2.76. The Morgan fingerprint density at radius 1 is 1.11 bits per heavy atom. The van der Waals surface area contributed by atoms with Gasteiger partial charge in [0.15, 0.2) is 0 Å². The van der Waals surface area contributed by atoms with Crippen LogP contribution in [0.1, 0.15) is 36.9 Å². The molecule has 3 aliphatic rings. The molecule has 3 nitrogen and oxygen atoms in total. The lowest BCUT2D eigenvalue weighted by Gasteiger charge is -2.21. The topological polar surface area (TPSA) is 42.1 Å². The summed E-state index contributed by atoms with van der Waals surface area (Å²) in [5, 5.41) is 0. The molecule has 2 atom stereocenters. The third kappa shape index (κ3) is 2.14. The predicted octanol–water partition coefficient (Wildman–Crippen LogP) is 2.13. The lowest BCUT2D eigenvalue weighted by Crippen LogP contribution is -2.30. The van der Waals surface area contributed by atoms with E-state index in [1.165, 1.54) is 49.2 Å². The van der Waals surface area contributed by atoms with E-state index in [4.69, 9.17) is 10.7 Å². The summed E-state index contributed by atoms with van der Waals surface area (Å²) < 4.78 is 0. The number of nitrogens with zero attached hydrogens (tertiary/aromatic N) is 2. The zero-order chi connectivity index (χ0) is 12.8. The van der Waals surface area contributed by atoms with Crippen molar-refractivity contribution in [1.82, 2.24) is 4.98 Å². The van der Waals surface area contributed by atoms with Crippen molar-refractivity contribution >= 4 is 5.82 Å². The van der Waals surface area contributed by atoms with Crippen molar-refractivity contribution in [3.8, 4) is 0 Å². The van der Waals surface area contributed by atoms with Crippen LogP contribution >= 0.6 is 0 Å². The number of fused-ring (bicyclic) bond motifs is 1. The van der Waals surface area contributed by atoms with E-state index in [9.17, 15) is 0 Å². The lowest BCUT2D eigenvalue weighted by molar-refractivity contribution is 0.456. The number of hydrogen-bond donors (Lipinski definition) is 1. The van der Waals surface area contributed by atoms with Crippen LogP contribution in [0, 0.1) is 11.8 Å². The molecule has 102 valence electrons. The summed E-state index contributed by atoms with van der Waals surface area (Å²) in [4.78, 5) is 7.33. The molecule has 4 rings (SSSR count). The minimum Gasteiger partial charge on any atom is -0.355 e. The van der Waals surface area contributed by atoms with E-state index in [0.717, 1.165) is 25.4 Å². The molecule has 1 aromatic rings. The summed E-state index contributed by atoms with van der Waals surface area (Å²) in [7, 11) is 0. The molecule has 1 aromatic heterocycles. The first-order chi connectivity index (χ1) is 9.31. The molecule has 2 aliphatic carbocycles. The molecule has 0 spiro atoms. The van der Waals surface area contributed by atoms with Gasteiger partial charge in [-0.05, 0) is 62.0 Å². The average Bonchev–Trinajstić information content (AvgIpc) is 3.21. The number of pyridine rings is 1. The molecule has 2 fully saturated rings. The fraction of sp³-hybridized carbons (Fsp3) is 0.688. The summed E-state index contributed by atoms with van der Waals surface area (Å²) in [6.07, 6.45) is 7.79. The highest BCUT2D eigenvalue weighted by Gasteiger charge is 2.41. The van der Waals surface area contributed by atoms with Crippen molar-refractivity contribution in [2.24, 2.45) is 17.6 Å². The van der Waals surface area contributed by atoms with E-state index in [1.54, 1.807) is 0 Å². The van der Waals surface area contributed by atoms with Crippen LogP contribution in [0.25, 0.3) is 0 Å². The second-order valence-corrected chi connectivity index (χ2v) is 6.55. The summed E-state index contributed by atoms with van der Waals surface area (Å²) in [5.74, 6) is 2.77. The van der Waals surface area contributed by atoms with Gasteiger partial charge in [0, 0.05) is 24.8 Å². The zero-order valence-electron chi connectivity index (χ0n) is 11.5. The van der Waals surface area contributed by atoms with Gasteiger partial charge in [-0.2, -0.15) is 0 Å². The van der Waals surface area contributed by atoms with Gasteiger partial charge in [-0.3, -0.25) is 0 Å². The second kappa shape index (κ2) is 4.48. The molecule has 1 aliphatic heterocycles. The van der Waals surface area contributed by atoms with E-state index < -0.39 is 0 Å². The van der Waals surface area contributed by atoms with Gasteiger partial charge in [0.25, 0.3) is 0 Å². The van der Waals surface area contributed by atoms with Crippen LogP contribution in [0.15, 0.2) is 12.1 Å². The van der Waals surface area contributed by atoms with Crippen LogP contribution in [0.3, 0.4) is 0 Å². The quantitative estimate of drug-likeness (QED) is 0.882. The third-order valence-electron chi connectivity index (χ3n) is 5.13. The van der Waals surface area contributed by atoms with E-state index in [1.807, 2.05) is 0 Å². The zero-order valence-corrected chi connectivity index (χ0v) is 11.5. The van der Waals surface area contributed by atoms with Crippen LogP contribution in [-0.4, -0.2) is 24.1 Å². The first-order valence-corrected chi connectivity index (χ1v) is 7.80. The first-order valence-electron chi connectivity index (χ1n) is 7.80. The van der Waals surface area contributed by atoms with E-state index in [2.05, 4.69) is 17.0 Å². The van der Waals surface area contributed by atoms with Crippen molar-refractivity contribution in [1.29, 1.82) is 0 Å². The second-order valence-electron chi connectivity index (χ2n) is 6.55. The van der Waals surface area contributed by atoms with Gasteiger partial charge in [0.05, 0.1) is 0 Å². The number of rotatable bonds is 2. The first kappa shape index (κ1) is 11.7. The number of nitrogens with two attached hydrogens (primary N) is 1. The Balaban J connectivity index is 1.56. The van der Waals surface area contributed by atoms with Crippen LogP contribution < -0.4 is 10.6 Å². The van der Waals surface area contributed by atoms with Crippen LogP contribution in [0.4, 0.5) is 5.82 Å². The maximum atomic E-state index is 6.32. The highest BCUT2D eigenvalue weighted by Crippen LogP contribution is 2.41. The molecular weight excluding hydrogens is 234 g/mol. The summed E-state index contributed by atoms with van der Waals surface area (Å²) >= 11 is 0. The molecule has 3 heteroatoms. The SMILES string of the molecule is N[C@@H]1CN(c2ccc3c(n2)CCCC3)C[C@H]1C1CC1. The Labute approximate surface area is 115 Å². The van der Waals surface area contributed by atoms with Crippen molar-refractivity contribution < 1.29 is 0 Å². The van der Waals surface area contributed by atoms with Crippen molar-refractivity contribution in [3.05, 3.63) is 23.4 Å². The number of aryl methyl sites for hydroxylation is 2. The Hall–Kier alpha value is -1.09. The van der Waals surface area contributed by atoms with Crippen molar-refractivity contribution in [2.75, 3.05) is 18.0 Å². The number of hydrogen-bond acceptors (Lipinski definition) is 3. The summed E-state index contributed by atoms with van der Waals surface area (Å²) in [5.41, 5.74) is 9.13. The van der Waals surface area contributed by atoms with Gasteiger partial charge >= 0.3 is 0 Å². The normalized spacial score (nSPS) is 30.5. The molecule has 0 unspecified atom stereocenters. The van der Waals surface area contributed by atoms with E-state index in [-0.39, 0.29) is 0 Å². The molecule has 1 saturated heterocycles. The molecule has 0 amide bonds. The fourth-order valence-corrected chi connectivity index (χ4v) is 3.81. The minimum atomic E-state index is 0.352. The van der Waals surface area contributed by atoms with Crippen molar-refractivity contribution in [3.63, 3.8) is 0 Å². The van der Waals surface area contributed by atoms with E-state index in [0.29, 0.717) is 12.0 Å². The van der Waals surface area contributed by atoms with Gasteiger partial charge in [-0.1, -0.05) is 6.07 Å². The van der Waals surface area contributed by atoms with Gasteiger partial charge in [-0.15, -0.1) is 0 Å². The van der Waals surface area contributed by atoms with Crippen molar-refractivity contribution in [2.45, 2.75) is 44.6 Å². The van der Waals surface area contributed by atoms with Gasteiger partial charge < -0.3 is 10.6 Å². The third-order valence-corrected chi connectivity index (χ3v) is 5.13. The largest absolute Gasteiger partial charge is 0.355 e. The fourth-order valence-electron chi connectivity index (χ4n) is 3.81. The molecule has 19 heavy (non-hydrogen) atoms. The Morgan fingerprint density at radius 3 is 2.79 bits per heavy atom. The molecule has 0 aromatic carbocycles. The van der Waals surface area contributed by atoms with Crippen LogP contribution in [0.2, 0.25) is 0 Å². The summed E-state index contributed by atoms with van der Waals surface area (Å²) in [6.45, 7) is 2.12. The monoisotopic (exact) mass is 257 g/mol. The van der Waals surface area contributed by atoms with Crippen LogP contribution in [0.5, 0.6) is 0 Å². The maximum absolute atomic E-state index is 6.32. The maximum Gasteiger partial charge on any atom is 0.128 e.